The molecular weight excluding hydrogens is 274 g/mol. The second-order valence-corrected chi connectivity index (χ2v) is 5.47. The molecule has 0 atom stereocenters. The molecule has 0 bridgehead atoms. The third-order valence-corrected chi connectivity index (χ3v) is 3.80. The van der Waals surface area contributed by atoms with Crippen molar-refractivity contribution < 1.29 is 4.79 Å². The van der Waals surface area contributed by atoms with Crippen molar-refractivity contribution in [1.29, 1.82) is 0 Å². The molecule has 1 N–H and O–H groups in total. The SMILES string of the molecule is O=C(Cc1cnc(-c2ccc(Cl)cc2)[nH]1)N1CCCC1. The molecule has 1 saturated heterocycles. The number of imidazole rings is 1. The minimum Gasteiger partial charge on any atom is -0.342 e. The molecule has 1 amide bonds. The van der Waals surface area contributed by atoms with Gasteiger partial charge in [-0.1, -0.05) is 11.6 Å². The van der Waals surface area contributed by atoms with Crippen molar-refractivity contribution in [3.63, 3.8) is 0 Å². The summed E-state index contributed by atoms with van der Waals surface area (Å²) >= 11 is 5.87. The monoisotopic (exact) mass is 289 g/mol. The lowest BCUT2D eigenvalue weighted by Gasteiger charge is -2.14. The van der Waals surface area contributed by atoms with E-state index in [0.29, 0.717) is 11.4 Å². The van der Waals surface area contributed by atoms with Gasteiger partial charge in [0.25, 0.3) is 0 Å². The lowest BCUT2D eigenvalue weighted by Crippen LogP contribution is -2.29. The number of carbonyl (C=O) groups excluding carboxylic acids is 1. The van der Waals surface area contributed by atoms with Crippen molar-refractivity contribution in [2.24, 2.45) is 0 Å². The lowest BCUT2D eigenvalue weighted by molar-refractivity contribution is -0.129. The summed E-state index contributed by atoms with van der Waals surface area (Å²) in [5.74, 6) is 0.944. The maximum atomic E-state index is 12.1. The summed E-state index contributed by atoms with van der Waals surface area (Å²) in [5, 5.41) is 0.699. The first kappa shape index (κ1) is 13.2. The molecule has 1 aromatic carbocycles. The van der Waals surface area contributed by atoms with Crippen LogP contribution >= 0.6 is 11.6 Å². The zero-order chi connectivity index (χ0) is 13.9. The van der Waals surface area contributed by atoms with Crippen LogP contribution in [0.5, 0.6) is 0 Å². The third kappa shape index (κ3) is 2.85. The maximum absolute atomic E-state index is 12.1. The summed E-state index contributed by atoms with van der Waals surface area (Å²) in [5.41, 5.74) is 1.82. The van der Waals surface area contributed by atoms with Gasteiger partial charge < -0.3 is 9.88 Å². The highest BCUT2D eigenvalue weighted by Crippen LogP contribution is 2.19. The number of amides is 1. The summed E-state index contributed by atoms with van der Waals surface area (Å²) in [7, 11) is 0. The zero-order valence-corrected chi connectivity index (χ0v) is 11.9. The van der Waals surface area contributed by atoms with Gasteiger partial charge in [-0.05, 0) is 37.1 Å². The van der Waals surface area contributed by atoms with E-state index in [1.54, 1.807) is 6.20 Å². The van der Waals surface area contributed by atoms with Crippen LogP contribution < -0.4 is 0 Å². The fraction of sp³-hybridized carbons (Fsp3) is 0.333. The summed E-state index contributed by atoms with van der Waals surface area (Å²) in [4.78, 5) is 21.5. The van der Waals surface area contributed by atoms with E-state index in [9.17, 15) is 4.79 Å². The molecule has 20 heavy (non-hydrogen) atoms. The molecule has 0 spiro atoms. The molecule has 1 aliphatic heterocycles. The number of hydrogen-bond acceptors (Lipinski definition) is 2. The summed E-state index contributed by atoms with van der Waals surface area (Å²) in [6.45, 7) is 1.77. The van der Waals surface area contributed by atoms with Crippen molar-refractivity contribution >= 4 is 17.5 Å². The van der Waals surface area contributed by atoms with Crippen molar-refractivity contribution in [1.82, 2.24) is 14.9 Å². The van der Waals surface area contributed by atoms with Gasteiger partial charge in [-0.3, -0.25) is 4.79 Å². The van der Waals surface area contributed by atoms with E-state index >= 15 is 0 Å². The number of likely N-dealkylation sites (tertiary alicyclic amines) is 1. The van der Waals surface area contributed by atoms with Gasteiger partial charge in [-0.15, -0.1) is 0 Å². The van der Waals surface area contributed by atoms with Gasteiger partial charge in [-0.2, -0.15) is 0 Å². The number of aromatic amines is 1. The van der Waals surface area contributed by atoms with Crippen LogP contribution in [-0.2, 0) is 11.2 Å². The number of hydrogen-bond donors (Lipinski definition) is 1. The minimum atomic E-state index is 0.175. The molecule has 4 nitrogen and oxygen atoms in total. The lowest BCUT2D eigenvalue weighted by atomic mass is 10.2. The largest absolute Gasteiger partial charge is 0.342 e. The second kappa shape index (κ2) is 5.67. The molecule has 1 aliphatic rings. The molecule has 0 radical (unpaired) electrons. The smallest absolute Gasteiger partial charge is 0.228 e. The maximum Gasteiger partial charge on any atom is 0.228 e. The Bertz CT molecular complexity index is 600. The first-order valence-electron chi connectivity index (χ1n) is 6.80. The van der Waals surface area contributed by atoms with Gasteiger partial charge in [0.1, 0.15) is 5.82 Å². The van der Waals surface area contributed by atoms with E-state index in [-0.39, 0.29) is 5.91 Å². The van der Waals surface area contributed by atoms with Gasteiger partial charge >= 0.3 is 0 Å². The number of nitrogens with one attached hydrogen (secondary N) is 1. The van der Waals surface area contributed by atoms with Crippen LogP contribution in [0, 0.1) is 0 Å². The van der Waals surface area contributed by atoms with Gasteiger partial charge in [0.05, 0.1) is 6.42 Å². The van der Waals surface area contributed by atoms with E-state index in [2.05, 4.69) is 9.97 Å². The van der Waals surface area contributed by atoms with Crippen LogP contribution in [0.25, 0.3) is 11.4 Å². The van der Waals surface area contributed by atoms with Gasteiger partial charge in [0.2, 0.25) is 5.91 Å². The Morgan fingerprint density at radius 2 is 1.95 bits per heavy atom. The van der Waals surface area contributed by atoms with E-state index < -0.39 is 0 Å². The number of H-pyrrole nitrogens is 1. The first-order chi connectivity index (χ1) is 9.72. The van der Waals surface area contributed by atoms with Crippen LogP contribution in [-0.4, -0.2) is 33.9 Å². The van der Waals surface area contributed by atoms with E-state index in [4.69, 9.17) is 11.6 Å². The quantitative estimate of drug-likeness (QED) is 0.944. The van der Waals surface area contributed by atoms with Crippen molar-refractivity contribution in [2.75, 3.05) is 13.1 Å². The van der Waals surface area contributed by atoms with Crippen LogP contribution in [0.3, 0.4) is 0 Å². The number of benzene rings is 1. The highest BCUT2D eigenvalue weighted by Gasteiger charge is 2.18. The number of carbonyl (C=O) groups is 1. The fourth-order valence-electron chi connectivity index (χ4n) is 2.44. The van der Waals surface area contributed by atoms with Gasteiger partial charge in [0, 0.05) is 35.6 Å². The number of nitrogens with zero attached hydrogens (tertiary/aromatic N) is 2. The average molecular weight is 290 g/mol. The predicted molar refractivity (Wildman–Crippen MR) is 78.6 cm³/mol. The van der Waals surface area contributed by atoms with Crippen LogP contribution in [0.15, 0.2) is 30.5 Å². The predicted octanol–water partition coefficient (Wildman–Crippen LogP) is 2.90. The van der Waals surface area contributed by atoms with Crippen LogP contribution in [0.1, 0.15) is 18.5 Å². The zero-order valence-electron chi connectivity index (χ0n) is 11.1. The first-order valence-corrected chi connectivity index (χ1v) is 7.18. The van der Waals surface area contributed by atoms with E-state index in [1.807, 2.05) is 29.2 Å². The van der Waals surface area contributed by atoms with E-state index in [0.717, 1.165) is 43.0 Å². The Hall–Kier alpha value is -1.81. The Balaban J connectivity index is 1.70. The average Bonchev–Trinajstić information content (AvgIpc) is 3.10. The molecule has 0 unspecified atom stereocenters. The molecule has 0 saturated carbocycles. The van der Waals surface area contributed by atoms with Gasteiger partial charge in [-0.25, -0.2) is 4.98 Å². The summed E-state index contributed by atoms with van der Waals surface area (Å²) in [6.07, 6.45) is 4.36. The Morgan fingerprint density at radius 1 is 1.25 bits per heavy atom. The summed E-state index contributed by atoms with van der Waals surface area (Å²) in [6, 6.07) is 7.48. The second-order valence-electron chi connectivity index (χ2n) is 5.03. The third-order valence-electron chi connectivity index (χ3n) is 3.55. The standard InChI is InChI=1S/C15H16ClN3O/c16-12-5-3-11(4-6-12)15-17-10-13(18-15)9-14(20)19-7-1-2-8-19/h3-6,10H,1-2,7-9H2,(H,17,18). The molecule has 3 rings (SSSR count). The number of rotatable bonds is 3. The number of halogens is 1. The Labute approximate surface area is 122 Å². The fourth-order valence-corrected chi connectivity index (χ4v) is 2.57. The number of aromatic nitrogens is 2. The molecule has 1 fully saturated rings. The molecule has 2 aromatic rings. The molecule has 5 heteroatoms. The molecule has 104 valence electrons. The van der Waals surface area contributed by atoms with Crippen molar-refractivity contribution in [2.45, 2.75) is 19.3 Å². The van der Waals surface area contributed by atoms with Crippen molar-refractivity contribution in [3.05, 3.63) is 41.2 Å². The molecule has 0 aliphatic carbocycles. The van der Waals surface area contributed by atoms with Gasteiger partial charge in [0.15, 0.2) is 0 Å². The van der Waals surface area contributed by atoms with E-state index in [1.165, 1.54) is 0 Å². The Kier molecular flexibility index (Phi) is 3.74. The highest BCUT2D eigenvalue weighted by atomic mass is 35.5. The topological polar surface area (TPSA) is 49.0 Å². The molecule has 1 aromatic heterocycles. The van der Waals surface area contributed by atoms with Crippen molar-refractivity contribution in [3.8, 4) is 11.4 Å². The van der Waals surface area contributed by atoms with Crippen LogP contribution in [0.4, 0.5) is 0 Å². The molecule has 2 heterocycles. The molecular formula is C15H16ClN3O. The normalized spacial score (nSPS) is 14.8. The summed E-state index contributed by atoms with van der Waals surface area (Å²) < 4.78 is 0. The van der Waals surface area contributed by atoms with Crippen LogP contribution in [0.2, 0.25) is 5.02 Å². The Morgan fingerprint density at radius 3 is 2.65 bits per heavy atom. The minimum absolute atomic E-state index is 0.175. The highest BCUT2D eigenvalue weighted by molar-refractivity contribution is 6.30.